The van der Waals surface area contributed by atoms with Gasteiger partial charge in [-0.1, -0.05) is 12.1 Å². The molecule has 1 aromatic heterocycles. The molecule has 0 N–H and O–H groups in total. The molecule has 21 heavy (non-hydrogen) atoms. The molecule has 0 aliphatic heterocycles. The zero-order valence-corrected chi connectivity index (χ0v) is 12.2. The van der Waals surface area contributed by atoms with Gasteiger partial charge in [0, 0.05) is 6.20 Å². The van der Waals surface area contributed by atoms with Crippen molar-refractivity contribution in [1.29, 1.82) is 0 Å². The normalized spacial score (nSPS) is 12.5. The molecule has 112 valence electrons. The molecule has 0 aliphatic rings. The first kappa shape index (κ1) is 16.1. The van der Waals surface area contributed by atoms with Crippen molar-refractivity contribution in [3.8, 4) is 11.1 Å². The van der Waals surface area contributed by atoms with Crippen LogP contribution in [0, 0.1) is 3.70 Å². The Kier molecular flexibility index (Phi) is 4.18. The number of hydrogen-bond acceptors (Lipinski definition) is 1. The van der Waals surface area contributed by atoms with Crippen LogP contribution in [0.5, 0.6) is 0 Å². The minimum absolute atomic E-state index is 0.0515. The second-order valence-corrected chi connectivity index (χ2v) is 5.23. The Morgan fingerprint density at radius 1 is 0.857 bits per heavy atom. The van der Waals surface area contributed by atoms with Crippen molar-refractivity contribution in [3.05, 3.63) is 51.4 Å². The Labute approximate surface area is 129 Å². The fraction of sp³-hybridized carbons (Fsp3) is 0.154. The van der Waals surface area contributed by atoms with Gasteiger partial charge in [0.1, 0.15) is 3.70 Å². The Balaban J connectivity index is 2.54. The number of hydrogen-bond donors (Lipinski definition) is 0. The van der Waals surface area contributed by atoms with Gasteiger partial charge in [0.2, 0.25) is 0 Å². The third-order valence-corrected chi connectivity index (χ3v) is 3.29. The van der Waals surface area contributed by atoms with Gasteiger partial charge in [-0.25, -0.2) is 4.98 Å². The largest absolute Gasteiger partial charge is 0.418 e. The van der Waals surface area contributed by atoms with Gasteiger partial charge < -0.3 is 0 Å². The average molecular weight is 417 g/mol. The van der Waals surface area contributed by atoms with E-state index in [1.165, 1.54) is 6.07 Å². The third-order valence-electron chi connectivity index (χ3n) is 2.70. The second-order valence-electron chi connectivity index (χ2n) is 4.13. The lowest BCUT2D eigenvalue weighted by molar-refractivity contribution is -0.138. The molecule has 0 aliphatic carbocycles. The van der Waals surface area contributed by atoms with E-state index in [4.69, 9.17) is 0 Å². The molecule has 2 aromatic rings. The van der Waals surface area contributed by atoms with Gasteiger partial charge in [0.05, 0.1) is 11.1 Å². The maximum Gasteiger partial charge on any atom is 0.418 e. The van der Waals surface area contributed by atoms with Crippen molar-refractivity contribution in [1.82, 2.24) is 4.98 Å². The van der Waals surface area contributed by atoms with Crippen LogP contribution in [0.1, 0.15) is 11.1 Å². The highest BCUT2D eigenvalue weighted by Crippen LogP contribution is 2.38. The summed E-state index contributed by atoms with van der Waals surface area (Å²) in [6, 6.07) is 4.73. The monoisotopic (exact) mass is 417 g/mol. The lowest BCUT2D eigenvalue weighted by Crippen LogP contribution is -2.09. The van der Waals surface area contributed by atoms with E-state index in [1.807, 2.05) is 0 Å². The minimum Gasteiger partial charge on any atom is -0.250 e. The molecule has 1 nitrogen and oxygen atoms in total. The molecular weight excluding hydrogens is 411 g/mol. The fourth-order valence-corrected chi connectivity index (χ4v) is 2.18. The first-order valence-corrected chi connectivity index (χ1v) is 6.57. The number of rotatable bonds is 1. The van der Waals surface area contributed by atoms with Crippen LogP contribution in [0.15, 0.2) is 36.5 Å². The lowest BCUT2D eigenvalue weighted by atomic mass is 10.00. The van der Waals surface area contributed by atoms with E-state index in [2.05, 4.69) is 4.98 Å². The predicted molar refractivity (Wildman–Crippen MR) is 72.4 cm³/mol. The van der Waals surface area contributed by atoms with Crippen molar-refractivity contribution >= 4 is 22.6 Å². The predicted octanol–water partition coefficient (Wildman–Crippen LogP) is 5.39. The Morgan fingerprint density at radius 2 is 1.43 bits per heavy atom. The zero-order valence-electron chi connectivity index (χ0n) is 10.1. The topological polar surface area (TPSA) is 12.9 Å². The Bertz CT molecular complexity index is 645. The van der Waals surface area contributed by atoms with E-state index in [9.17, 15) is 26.3 Å². The molecule has 0 radical (unpaired) electrons. The first-order valence-electron chi connectivity index (χ1n) is 5.49. The summed E-state index contributed by atoms with van der Waals surface area (Å²) in [4.78, 5) is 3.58. The summed E-state index contributed by atoms with van der Waals surface area (Å²) in [6.45, 7) is 0. The average Bonchev–Trinajstić information content (AvgIpc) is 2.36. The summed E-state index contributed by atoms with van der Waals surface area (Å²) in [5, 5.41) is 0. The molecule has 1 heterocycles. The number of pyridine rings is 1. The van der Waals surface area contributed by atoms with Crippen LogP contribution < -0.4 is 0 Å². The van der Waals surface area contributed by atoms with E-state index >= 15 is 0 Å². The summed E-state index contributed by atoms with van der Waals surface area (Å²) >= 11 is 1.74. The minimum atomic E-state index is -4.63. The molecule has 0 atom stereocenters. The maximum absolute atomic E-state index is 12.9. The van der Waals surface area contributed by atoms with Crippen molar-refractivity contribution in [2.75, 3.05) is 0 Å². The van der Waals surface area contributed by atoms with Crippen molar-refractivity contribution in [3.63, 3.8) is 0 Å². The molecule has 0 spiro atoms. The van der Waals surface area contributed by atoms with Crippen molar-refractivity contribution < 1.29 is 26.3 Å². The number of aromatic nitrogens is 1. The highest BCUT2D eigenvalue weighted by atomic mass is 127. The molecule has 0 bridgehead atoms. The second kappa shape index (κ2) is 5.47. The highest BCUT2D eigenvalue weighted by molar-refractivity contribution is 14.1. The van der Waals surface area contributed by atoms with Gasteiger partial charge in [-0.05, 0) is 51.9 Å². The van der Waals surface area contributed by atoms with Crippen LogP contribution in [-0.2, 0) is 12.4 Å². The molecule has 0 saturated carbocycles. The van der Waals surface area contributed by atoms with Crippen LogP contribution in [0.4, 0.5) is 26.3 Å². The van der Waals surface area contributed by atoms with Gasteiger partial charge in [0.25, 0.3) is 0 Å². The molecule has 2 rings (SSSR count). The molecule has 0 fully saturated rings. The molecule has 1 aromatic carbocycles. The van der Waals surface area contributed by atoms with Crippen LogP contribution >= 0.6 is 22.6 Å². The summed E-state index contributed by atoms with van der Waals surface area (Å²) in [6.07, 6.45) is -8.48. The van der Waals surface area contributed by atoms with E-state index in [0.717, 1.165) is 24.3 Å². The molecule has 0 saturated heterocycles. The van der Waals surface area contributed by atoms with E-state index < -0.39 is 23.5 Å². The summed E-state index contributed by atoms with van der Waals surface area (Å²) < 4.78 is 76.4. The Morgan fingerprint density at radius 3 is 1.90 bits per heavy atom. The zero-order chi connectivity index (χ0) is 15.8. The quantitative estimate of drug-likeness (QED) is 0.345. The van der Waals surface area contributed by atoms with Gasteiger partial charge in [-0.2, -0.15) is 26.3 Å². The standard InChI is InChI=1S/C13H6F6IN/c14-12(15,16)8-3-1-7(2-4-8)9-5-11(20)21-6-10(9)13(17,18)19/h1-6H. The highest BCUT2D eigenvalue weighted by Gasteiger charge is 2.35. The number of nitrogens with zero attached hydrogens (tertiary/aromatic N) is 1. The third kappa shape index (κ3) is 3.66. The van der Waals surface area contributed by atoms with Gasteiger partial charge in [-0.15, -0.1) is 0 Å². The molecule has 0 amide bonds. The maximum atomic E-state index is 12.9. The molecular formula is C13H6F6IN. The lowest BCUT2D eigenvalue weighted by Gasteiger charge is -2.13. The van der Waals surface area contributed by atoms with Crippen LogP contribution in [0.3, 0.4) is 0 Å². The Hall–Kier alpha value is -1.32. The van der Waals surface area contributed by atoms with E-state index in [-0.39, 0.29) is 11.1 Å². The van der Waals surface area contributed by atoms with Crippen molar-refractivity contribution in [2.45, 2.75) is 12.4 Å². The SMILES string of the molecule is FC(F)(F)c1ccc(-c2cc(I)ncc2C(F)(F)F)cc1. The number of alkyl halides is 6. The van der Waals surface area contributed by atoms with Gasteiger partial charge in [0.15, 0.2) is 0 Å². The first-order chi connectivity index (χ1) is 9.59. The summed E-state index contributed by atoms with van der Waals surface area (Å²) in [5.74, 6) is 0. The smallest absolute Gasteiger partial charge is 0.250 e. The van der Waals surface area contributed by atoms with Crippen LogP contribution in [-0.4, -0.2) is 4.98 Å². The number of benzene rings is 1. The fourth-order valence-electron chi connectivity index (χ4n) is 1.73. The van der Waals surface area contributed by atoms with Gasteiger partial charge >= 0.3 is 12.4 Å². The van der Waals surface area contributed by atoms with E-state index in [1.54, 1.807) is 22.6 Å². The van der Waals surface area contributed by atoms with Crippen LogP contribution in [0.2, 0.25) is 0 Å². The molecule has 0 unspecified atom stereocenters. The summed E-state index contributed by atoms with van der Waals surface area (Å²) in [7, 11) is 0. The van der Waals surface area contributed by atoms with E-state index in [0.29, 0.717) is 9.90 Å². The number of halogens is 7. The van der Waals surface area contributed by atoms with Crippen LogP contribution in [0.25, 0.3) is 11.1 Å². The van der Waals surface area contributed by atoms with Gasteiger partial charge in [-0.3, -0.25) is 0 Å². The molecule has 8 heteroatoms. The summed E-state index contributed by atoms with van der Waals surface area (Å²) in [5.41, 5.74) is -2.04. The van der Waals surface area contributed by atoms with Crippen molar-refractivity contribution in [2.24, 2.45) is 0 Å².